The Bertz CT molecular complexity index is 506. The number of hydrogen-bond donors (Lipinski definition) is 2. The van der Waals surface area contributed by atoms with Crippen molar-refractivity contribution in [2.24, 2.45) is 0 Å². The molecule has 1 aliphatic heterocycles. The van der Waals surface area contributed by atoms with Gasteiger partial charge in [0.1, 0.15) is 11.4 Å². The number of nitro benzene ring substituents is 1. The smallest absolute Gasteiger partial charge is 0.315 e. The maximum absolute atomic E-state index is 11.4. The van der Waals surface area contributed by atoms with Crippen LogP contribution in [0, 0.1) is 10.1 Å². The van der Waals surface area contributed by atoms with E-state index in [-0.39, 0.29) is 22.3 Å². The molecule has 1 saturated heterocycles. The van der Waals surface area contributed by atoms with Gasteiger partial charge in [0.25, 0.3) is 0 Å². The van der Waals surface area contributed by atoms with Gasteiger partial charge in [-0.25, -0.2) is 0 Å². The van der Waals surface area contributed by atoms with E-state index in [1.54, 1.807) is 12.1 Å². The van der Waals surface area contributed by atoms with Crippen molar-refractivity contribution in [2.45, 2.75) is 38.8 Å². The van der Waals surface area contributed by atoms with Crippen molar-refractivity contribution < 1.29 is 9.66 Å². The van der Waals surface area contributed by atoms with Crippen LogP contribution in [0.1, 0.15) is 27.2 Å². The highest BCUT2D eigenvalue weighted by molar-refractivity contribution is 5.76. The summed E-state index contributed by atoms with van der Waals surface area (Å²) >= 11 is 0. The Kier molecular flexibility index (Phi) is 4.13. The lowest BCUT2D eigenvalue weighted by atomic mass is 9.94. The van der Waals surface area contributed by atoms with Gasteiger partial charge in [-0.3, -0.25) is 10.1 Å². The summed E-state index contributed by atoms with van der Waals surface area (Å²) in [6, 6.07) is 5.29. The summed E-state index contributed by atoms with van der Waals surface area (Å²) in [7, 11) is 0. The molecule has 0 radical (unpaired) electrons. The molecule has 1 aromatic carbocycles. The standard InChI is InChI=1S/C14H21N3O3/c1-4-15-11-6-5-7-12(13(11)17(18)19)16-14(3)8-9-20-10(14)2/h5-7,10,15-16H,4,8-9H2,1-3H3. The molecule has 0 bridgehead atoms. The van der Waals surface area contributed by atoms with Crippen molar-refractivity contribution in [1.29, 1.82) is 0 Å². The van der Waals surface area contributed by atoms with Crippen LogP contribution in [-0.2, 0) is 4.74 Å². The molecular weight excluding hydrogens is 258 g/mol. The molecule has 2 atom stereocenters. The molecule has 6 nitrogen and oxygen atoms in total. The monoisotopic (exact) mass is 279 g/mol. The molecule has 20 heavy (non-hydrogen) atoms. The quantitative estimate of drug-likeness (QED) is 0.640. The molecule has 6 heteroatoms. The van der Waals surface area contributed by atoms with Gasteiger partial charge in [-0.1, -0.05) is 6.07 Å². The number of hydrogen-bond acceptors (Lipinski definition) is 5. The summed E-state index contributed by atoms with van der Waals surface area (Å²) < 4.78 is 5.57. The van der Waals surface area contributed by atoms with Crippen LogP contribution in [0.2, 0.25) is 0 Å². The van der Waals surface area contributed by atoms with E-state index in [1.165, 1.54) is 0 Å². The Morgan fingerprint density at radius 2 is 2.20 bits per heavy atom. The van der Waals surface area contributed by atoms with Gasteiger partial charge >= 0.3 is 5.69 Å². The molecule has 110 valence electrons. The molecule has 2 rings (SSSR count). The molecule has 0 aromatic heterocycles. The van der Waals surface area contributed by atoms with E-state index >= 15 is 0 Å². The largest absolute Gasteiger partial charge is 0.380 e. The van der Waals surface area contributed by atoms with Crippen LogP contribution >= 0.6 is 0 Å². The average Bonchev–Trinajstić information content (AvgIpc) is 2.69. The minimum absolute atomic E-state index is 0.0184. The summed E-state index contributed by atoms with van der Waals surface area (Å²) in [5.74, 6) is 0. The molecule has 0 aliphatic carbocycles. The van der Waals surface area contributed by atoms with Crippen molar-refractivity contribution in [2.75, 3.05) is 23.8 Å². The Morgan fingerprint density at radius 1 is 1.50 bits per heavy atom. The maximum atomic E-state index is 11.4. The van der Waals surface area contributed by atoms with E-state index < -0.39 is 0 Å². The van der Waals surface area contributed by atoms with Gasteiger partial charge < -0.3 is 15.4 Å². The second kappa shape index (κ2) is 5.66. The molecule has 2 unspecified atom stereocenters. The second-order valence-corrected chi connectivity index (χ2v) is 5.29. The first kappa shape index (κ1) is 14.6. The average molecular weight is 279 g/mol. The number of ether oxygens (including phenoxy) is 1. The van der Waals surface area contributed by atoms with Gasteiger partial charge in [0, 0.05) is 13.2 Å². The third-order valence-electron chi connectivity index (χ3n) is 3.89. The molecule has 1 aliphatic rings. The zero-order valence-corrected chi connectivity index (χ0v) is 12.1. The molecule has 1 fully saturated rings. The minimum atomic E-state index is -0.343. The van der Waals surface area contributed by atoms with Crippen molar-refractivity contribution in [1.82, 2.24) is 0 Å². The van der Waals surface area contributed by atoms with Crippen molar-refractivity contribution in [3.8, 4) is 0 Å². The summed E-state index contributed by atoms with van der Waals surface area (Å²) in [5, 5.41) is 17.7. The fraction of sp³-hybridized carbons (Fsp3) is 0.571. The number of anilines is 2. The van der Waals surface area contributed by atoms with Gasteiger partial charge in [-0.05, 0) is 39.3 Å². The predicted octanol–water partition coefficient (Wildman–Crippen LogP) is 3.01. The van der Waals surface area contributed by atoms with Crippen LogP contribution in [0.15, 0.2) is 18.2 Å². The number of nitrogens with one attached hydrogen (secondary N) is 2. The van der Waals surface area contributed by atoms with Crippen molar-refractivity contribution in [3.63, 3.8) is 0 Å². The Balaban J connectivity index is 2.36. The molecule has 0 amide bonds. The van der Waals surface area contributed by atoms with Gasteiger partial charge in [0.15, 0.2) is 0 Å². The number of nitrogens with zero attached hydrogens (tertiary/aromatic N) is 1. The SMILES string of the molecule is CCNc1cccc(NC2(C)CCOC2C)c1[N+](=O)[O-]. The maximum Gasteiger partial charge on any atom is 0.315 e. The lowest BCUT2D eigenvalue weighted by molar-refractivity contribution is -0.383. The highest BCUT2D eigenvalue weighted by atomic mass is 16.6. The van der Waals surface area contributed by atoms with E-state index in [4.69, 9.17) is 4.74 Å². The molecular formula is C14H21N3O3. The topological polar surface area (TPSA) is 76.4 Å². The summed E-state index contributed by atoms with van der Waals surface area (Å²) in [6.07, 6.45) is 0.849. The molecule has 0 saturated carbocycles. The first-order valence-electron chi connectivity index (χ1n) is 6.89. The van der Waals surface area contributed by atoms with Gasteiger partial charge in [0.05, 0.1) is 16.6 Å². The van der Waals surface area contributed by atoms with E-state index in [0.29, 0.717) is 24.5 Å². The van der Waals surface area contributed by atoms with E-state index in [1.807, 2.05) is 26.8 Å². The summed E-state index contributed by atoms with van der Waals surface area (Å²) in [6.45, 7) is 7.25. The Hall–Kier alpha value is -1.82. The van der Waals surface area contributed by atoms with Crippen LogP contribution in [0.5, 0.6) is 0 Å². The normalized spacial score (nSPS) is 25.4. The fourth-order valence-electron chi connectivity index (χ4n) is 2.48. The second-order valence-electron chi connectivity index (χ2n) is 5.29. The lowest BCUT2D eigenvalue weighted by Gasteiger charge is -2.30. The zero-order chi connectivity index (χ0) is 14.8. The lowest BCUT2D eigenvalue weighted by Crippen LogP contribution is -2.41. The fourth-order valence-corrected chi connectivity index (χ4v) is 2.48. The molecule has 1 heterocycles. The Morgan fingerprint density at radius 3 is 2.75 bits per heavy atom. The van der Waals surface area contributed by atoms with E-state index in [2.05, 4.69) is 10.6 Å². The number of benzene rings is 1. The number of nitro groups is 1. The van der Waals surface area contributed by atoms with Crippen LogP contribution in [0.25, 0.3) is 0 Å². The van der Waals surface area contributed by atoms with Crippen LogP contribution in [-0.4, -0.2) is 29.7 Å². The van der Waals surface area contributed by atoms with Gasteiger partial charge in [-0.15, -0.1) is 0 Å². The van der Waals surface area contributed by atoms with Crippen molar-refractivity contribution >= 4 is 17.1 Å². The third-order valence-corrected chi connectivity index (χ3v) is 3.89. The molecule has 1 aromatic rings. The summed E-state index contributed by atoms with van der Waals surface area (Å²) in [4.78, 5) is 11.0. The van der Waals surface area contributed by atoms with Gasteiger partial charge in [-0.2, -0.15) is 0 Å². The third kappa shape index (κ3) is 2.70. The predicted molar refractivity (Wildman–Crippen MR) is 79.3 cm³/mol. The minimum Gasteiger partial charge on any atom is -0.380 e. The highest BCUT2D eigenvalue weighted by Gasteiger charge is 2.38. The number of para-hydroxylation sites is 1. The van der Waals surface area contributed by atoms with E-state index in [0.717, 1.165) is 6.42 Å². The van der Waals surface area contributed by atoms with Gasteiger partial charge in [0.2, 0.25) is 0 Å². The first-order valence-corrected chi connectivity index (χ1v) is 6.89. The molecule has 0 spiro atoms. The van der Waals surface area contributed by atoms with Crippen LogP contribution < -0.4 is 10.6 Å². The number of rotatable bonds is 5. The van der Waals surface area contributed by atoms with E-state index in [9.17, 15) is 10.1 Å². The molecule has 2 N–H and O–H groups in total. The highest BCUT2D eigenvalue weighted by Crippen LogP contribution is 2.37. The van der Waals surface area contributed by atoms with Crippen LogP contribution in [0.4, 0.5) is 17.1 Å². The summed E-state index contributed by atoms with van der Waals surface area (Å²) in [5.41, 5.74) is 0.885. The zero-order valence-electron chi connectivity index (χ0n) is 12.1. The van der Waals surface area contributed by atoms with Crippen molar-refractivity contribution in [3.05, 3.63) is 28.3 Å². The first-order chi connectivity index (χ1) is 9.48. The Labute approximate surface area is 118 Å². The van der Waals surface area contributed by atoms with Crippen LogP contribution in [0.3, 0.4) is 0 Å².